The highest BCUT2D eigenvalue weighted by Crippen LogP contribution is 2.43. The van der Waals surface area contributed by atoms with Gasteiger partial charge in [-0.05, 0) is 66.2 Å². The number of hydrogen-bond acceptors (Lipinski definition) is 3. The molecule has 0 saturated carbocycles. The minimum atomic E-state index is -0.185. The van der Waals surface area contributed by atoms with Crippen LogP contribution in [0.1, 0.15) is 66.2 Å². The molecule has 0 amide bonds. The molecule has 0 bridgehead atoms. The number of hydrogen-bond donors (Lipinski definition) is 0. The van der Waals surface area contributed by atoms with Gasteiger partial charge in [0.05, 0.1) is 24.7 Å². The van der Waals surface area contributed by atoms with E-state index in [1.165, 1.54) is 18.3 Å². The van der Waals surface area contributed by atoms with Crippen LogP contribution >= 0.6 is 0 Å². The molecule has 1 fully saturated rings. The van der Waals surface area contributed by atoms with E-state index in [-0.39, 0.29) is 17.5 Å². The van der Waals surface area contributed by atoms with Gasteiger partial charge in [0, 0.05) is 0 Å². The van der Waals surface area contributed by atoms with Gasteiger partial charge in [0.25, 0.3) is 0 Å². The molecule has 134 valence electrons. The zero-order chi connectivity index (χ0) is 17.7. The maximum atomic E-state index is 11.9. The van der Waals surface area contributed by atoms with Crippen LogP contribution in [0, 0.1) is 5.92 Å². The summed E-state index contributed by atoms with van der Waals surface area (Å²) in [5, 5.41) is 0. The minimum absolute atomic E-state index is 0.0849. The first-order valence-electron chi connectivity index (χ1n) is 9.13. The third-order valence-electron chi connectivity index (χ3n) is 5.47. The third-order valence-corrected chi connectivity index (χ3v) is 5.47. The van der Waals surface area contributed by atoms with Gasteiger partial charge in [0.15, 0.2) is 0 Å². The van der Waals surface area contributed by atoms with E-state index in [0.717, 1.165) is 44.1 Å². The van der Waals surface area contributed by atoms with Gasteiger partial charge in [0.2, 0.25) is 0 Å². The Balaban J connectivity index is 2.16. The zero-order valence-electron chi connectivity index (χ0n) is 15.9. The van der Waals surface area contributed by atoms with Crippen LogP contribution in [0.3, 0.4) is 0 Å². The van der Waals surface area contributed by atoms with Crippen LogP contribution in [0.15, 0.2) is 34.9 Å². The molecule has 0 aromatic rings. The van der Waals surface area contributed by atoms with Crippen molar-refractivity contribution in [2.45, 2.75) is 77.9 Å². The van der Waals surface area contributed by atoms with Gasteiger partial charge in [-0.15, -0.1) is 0 Å². The molecule has 1 saturated heterocycles. The van der Waals surface area contributed by atoms with Crippen molar-refractivity contribution in [1.82, 2.24) is 0 Å². The summed E-state index contributed by atoms with van der Waals surface area (Å²) in [7, 11) is 1.46. The molecule has 3 heteroatoms. The van der Waals surface area contributed by atoms with E-state index in [0.29, 0.717) is 6.10 Å². The van der Waals surface area contributed by atoms with Gasteiger partial charge in [-0.2, -0.15) is 0 Å². The Morgan fingerprint density at radius 2 is 2.00 bits per heavy atom. The highest BCUT2D eigenvalue weighted by Gasteiger charge is 2.50. The normalized spacial score (nSPS) is 36.5. The molecule has 1 heterocycles. The fourth-order valence-corrected chi connectivity index (χ4v) is 3.39. The number of fused-ring (bicyclic) bond motifs is 1. The molecular weight excluding hydrogens is 300 g/mol. The third kappa shape index (κ3) is 5.07. The second-order valence-corrected chi connectivity index (χ2v) is 7.55. The van der Waals surface area contributed by atoms with Crippen molar-refractivity contribution in [3.8, 4) is 0 Å². The predicted molar refractivity (Wildman–Crippen MR) is 97.8 cm³/mol. The van der Waals surface area contributed by atoms with Gasteiger partial charge in [-0.3, -0.25) is 4.79 Å². The van der Waals surface area contributed by atoms with Gasteiger partial charge >= 0.3 is 5.97 Å². The number of epoxide rings is 1. The molecule has 0 aromatic heterocycles. The van der Waals surface area contributed by atoms with Crippen molar-refractivity contribution in [1.29, 1.82) is 0 Å². The number of carbonyl (C=O) groups excluding carboxylic acids is 1. The fourth-order valence-electron chi connectivity index (χ4n) is 3.39. The molecular formula is C21H32O3. The molecule has 0 N–H and O–H groups in total. The topological polar surface area (TPSA) is 38.8 Å². The summed E-state index contributed by atoms with van der Waals surface area (Å²) in [6.45, 7) is 8.52. The second-order valence-electron chi connectivity index (χ2n) is 7.55. The van der Waals surface area contributed by atoms with Crippen LogP contribution in [0.4, 0.5) is 0 Å². The first-order chi connectivity index (χ1) is 11.4. The number of rotatable bonds is 2. The van der Waals surface area contributed by atoms with Gasteiger partial charge in [0.1, 0.15) is 0 Å². The zero-order valence-corrected chi connectivity index (χ0v) is 15.9. The predicted octanol–water partition coefficient (Wildman–Crippen LogP) is 5.13. The summed E-state index contributed by atoms with van der Waals surface area (Å²) in [6, 6.07) is 0. The Kier molecular flexibility index (Phi) is 6.45. The van der Waals surface area contributed by atoms with E-state index >= 15 is 0 Å². The van der Waals surface area contributed by atoms with Crippen molar-refractivity contribution < 1.29 is 14.3 Å². The summed E-state index contributed by atoms with van der Waals surface area (Å²) in [4.78, 5) is 11.9. The van der Waals surface area contributed by atoms with Crippen molar-refractivity contribution in [2.24, 2.45) is 5.92 Å². The Morgan fingerprint density at radius 1 is 1.25 bits per heavy atom. The summed E-state index contributed by atoms with van der Waals surface area (Å²) in [5.74, 6) is -0.341. The lowest BCUT2D eigenvalue weighted by Crippen LogP contribution is -2.15. The van der Waals surface area contributed by atoms with Crippen LogP contribution in [-0.2, 0) is 14.3 Å². The van der Waals surface area contributed by atoms with E-state index < -0.39 is 0 Å². The monoisotopic (exact) mass is 332 g/mol. The number of esters is 1. The van der Waals surface area contributed by atoms with E-state index in [1.807, 2.05) is 6.92 Å². The second kappa shape index (κ2) is 8.15. The van der Waals surface area contributed by atoms with Crippen LogP contribution in [0.25, 0.3) is 0 Å². The van der Waals surface area contributed by atoms with Crippen molar-refractivity contribution in [3.63, 3.8) is 0 Å². The SMILES string of the molecule is COC(=O)C(C)/C1=C/C=C(\C)CC[C@@H]2O[C@@]2(C)CC/C=C(\C)CC1. The maximum Gasteiger partial charge on any atom is 0.312 e. The quantitative estimate of drug-likeness (QED) is 0.400. The molecule has 0 spiro atoms. The maximum absolute atomic E-state index is 11.9. The number of ether oxygens (including phenoxy) is 2. The number of methoxy groups -OCH3 is 1. The lowest BCUT2D eigenvalue weighted by Gasteiger charge is -2.15. The Bertz CT molecular complexity index is 555. The Morgan fingerprint density at radius 3 is 2.71 bits per heavy atom. The van der Waals surface area contributed by atoms with Crippen LogP contribution in [-0.4, -0.2) is 24.8 Å². The highest BCUT2D eigenvalue weighted by atomic mass is 16.6. The standard InChI is InChI=1S/C21H32O3/c1-15-7-6-14-21(4)19(24-21)13-10-16(2)9-12-18(11-8-15)17(3)20(22)23-5/h7,9,12,17,19H,6,8,10-11,13-14H2,1-5H3/b15-7+,16-9+,18-12+/t17?,19-,21-/m0/s1. The Labute approximate surface area is 146 Å². The van der Waals surface area contributed by atoms with Crippen LogP contribution in [0.5, 0.6) is 0 Å². The van der Waals surface area contributed by atoms with Crippen LogP contribution < -0.4 is 0 Å². The lowest BCUT2D eigenvalue weighted by atomic mass is 9.92. The van der Waals surface area contributed by atoms with Gasteiger partial charge in [-0.25, -0.2) is 0 Å². The summed E-state index contributed by atoms with van der Waals surface area (Å²) in [5.41, 5.74) is 3.96. The van der Waals surface area contributed by atoms with E-state index in [4.69, 9.17) is 9.47 Å². The summed E-state index contributed by atoms with van der Waals surface area (Å²) in [6.07, 6.45) is 13.2. The van der Waals surface area contributed by atoms with Crippen molar-refractivity contribution in [2.75, 3.05) is 7.11 Å². The smallest absolute Gasteiger partial charge is 0.312 e. The molecule has 2 aliphatic rings. The number of carbonyl (C=O) groups is 1. The minimum Gasteiger partial charge on any atom is -0.469 e. The van der Waals surface area contributed by atoms with Crippen molar-refractivity contribution in [3.05, 3.63) is 34.9 Å². The molecule has 3 nitrogen and oxygen atoms in total. The molecule has 0 aromatic carbocycles. The van der Waals surface area contributed by atoms with Crippen molar-refractivity contribution >= 4 is 5.97 Å². The van der Waals surface area contributed by atoms with Gasteiger partial charge < -0.3 is 9.47 Å². The molecule has 1 unspecified atom stereocenters. The lowest BCUT2D eigenvalue weighted by molar-refractivity contribution is -0.143. The fraction of sp³-hybridized carbons (Fsp3) is 0.667. The van der Waals surface area contributed by atoms with Crippen LogP contribution in [0.2, 0.25) is 0 Å². The summed E-state index contributed by atoms with van der Waals surface area (Å²) >= 11 is 0. The summed E-state index contributed by atoms with van der Waals surface area (Å²) < 4.78 is 10.9. The number of allylic oxidation sites excluding steroid dienone is 5. The molecule has 3 atom stereocenters. The Hall–Kier alpha value is -1.35. The van der Waals surface area contributed by atoms with E-state index in [9.17, 15) is 4.79 Å². The average Bonchev–Trinajstić information content (AvgIpc) is 3.21. The average molecular weight is 332 g/mol. The molecule has 0 radical (unpaired) electrons. The first kappa shape index (κ1) is 19.0. The first-order valence-corrected chi connectivity index (χ1v) is 9.13. The molecule has 1 aliphatic carbocycles. The largest absolute Gasteiger partial charge is 0.469 e. The molecule has 24 heavy (non-hydrogen) atoms. The molecule has 2 rings (SSSR count). The van der Waals surface area contributed by atoms with E-state index in [2.05, 4.69) is 39.0 Å². The van der Waals surface area contributed by atoms with E-state index in [1.54, 1.807) is 0 Å². The molecule has 1 aliphatic heterocycles. The van der Waals surface area contributed by atoms with Gasteiger partial charge in [-0.1, -0.05) is 34.9 Å². The highest BCUT2D eigenvalue weighted by molar-refractivity contribution is 5.75.